The molecular formula is C24H28FN3O2S. The van der Waals surface area contributed by atoms with Crippen LogP contribution in [-0.4, -0.2) is 37.1 Å². The normalized spacial score (nSPS) is 14.9. The summed E-state index contributed by atoms with van der Waals surface area (Å²) in [6, 6.07) is 10.8. The van der Waals surface area contributed by atoms with Crippen LogP contribution in [0.15, 0.2) is 52.5 Å². The minimum Gasteiger partial charge on any atom is -0.497 e. The molecular weight excluding hydrogens is 413 g/mol. The first-order chi connectivity index (χ1) is 14.7. The molecule has 164 valence electrons. The van der Waals surface area contributed by atoms with Gasteiger partial charge in [-0.2, -0.15) is 5.10 Å². The monoisotopic (exact) mass is 441 g/mol. The number of hydrogen-bond acceptors (Lipinski definition) is 5. The zero-order chi connectivity index (χ0) is 22.6. The second-order valence-corrected chi connectivity index (χ2v) is 8.92. The van der Waals surface area contributed by atoms with Gasteiger partial charge in [-0.15, -0.1) is 11.8 Å². The van der Waals surface area contributed by atoms with Crippen LogP contribution in [0.4, 0.5) is 10.1 Å². The summed E-state index contributed by atoms with van der Waals surface area (Å²) in [5.74, 6) is 0.346. The van der Waals surface area contributed by atoms with Crippen molar-refractivity contribution in [2.75, 3.05) is 24.3 Å². The predicted octanol–water partition coefficient (Wildman–Crippen LogP) is 5.10. The average Bonchev–Trinajstić information content (AvgIpc) is 2.73. The predicted molar refractivity (Wildman–Crippen MR) is 127 cm³/mol. The average molecular weight is 442 g/mol. The quantitative estimate of drug-likeness (QED) is 0.369. The lowest BCUT2D eigenvalue weighted by molar-refractivity contribution is -0.118. The third-order valence-electron chi connectivity index (χ3n) is 5.23. The number of methoxy groups -OCH3 is 1. The van der Waals surface area contributed by atoms with Gasteiger partial charge in [0.15, 0.2) is 0 Å². The van der Waals surface area contributed by atoms with Crippen LogP contribution in [0.3, 0.4) is 0 Å². The number of nitrogens with one attached hydrogen (secondary N) is 1. The molecule has 0 aromatic heterocycles. The number of likely N-dealkylation sites (N-methyl/N-ethyl adjacent to an activating group) is 1. The van der Waals surface area contributed by atoms with E-state index >= 15 is 0 Å². The number of fused-ring (bicyclic) bond motifs is 1. The van der Waals surface area contributed by atoms with Gasteiger partial charge in [0, 0.05) is 28.3 Å². The van der Waals surface area contributed by atoms with Gasteiger partial charge in [-0.3, -0.25) is 4.79 Å². The van der Waals surface area contributed by atoms with Crippen LogP contribution in [0.25, 0.3) is 5.57 Å². The Kier molecular flexibility index (Phi) is 7.05. The van der Waals surface area contributed by atoms with Crippen molar-refractivity contribution in [3.05, 3.63) is 59.4 Å². The highest BCUT2D eigenvalue weighted by atomic mass is 32.2. The Labute approximate surface area is 187 Å². The molecule has 3 rings (SSSR count). The van der Waals surface area contributed by atoms with Crippen molar-refractivity contribution in [2.45, 2.75) is 38.1 Å². The lowest BCUT2D eigenvalue weighted by atomic mass is 9.88. The minimum absolute atomic E-state index is 0.177. The second kappa shape index (κ2) is 9.56. The zero-order valence-electron chi connectivity index (χ0n) is 18.5. The molecule has 5 nitrogen and oxygen atoms in total. The van der Waals surface area contributed by atoms with Crippen molar-refractivity contribution in [2.24, 2.45) is 5.10 Å². The Hall–Kier alpha value is -2.80. The Morgan fingerprint density at radius 3 is 2.65 bits per heavy atom. The number of anilines is 1. The van der Waals surface area contributed by atoms with Crippen LogP contribution in [-0.2, 0) is 4.79 Å². The van der Waals surface area contributed by atoms with Crippen LogP contribution >= 0.6 is 11.8 Å². The largest absolute Gasteiger partial charge is 0.497 e. The van der Waals surface area contributed by atoms with Crippen molar-refractivity contribution in [1.82, 2.24) is 5.43 Å². The van der Waals surface area contributed by atoms with Crippen molar-refractivity contribution < 1.29 is 13.9 Å². The Morgan fingerprint density at radius 1 is 1.29 bits per heavy atom. The fourth-order valence-corrected chi connectivity index (χ4v) is 4.51. The number of hydrazone groups is 1. The van der Waals surface area contributed by atoms with Crippen molar-refractivity contribution in [3.63, 3.8) is 0 Å². The molecule has 0 saturated carbocycles. The van der Waals surface area contributed by atoms with E-state index in [9.17, 15) is 9.18 Å². The number of thioether (sulfide) groups is 1. The van der Waals surface area contributed by atoms with E-state index in [-0.39, 0.29) is 23.0 Å². The molecule has 0 unspecified atom stereocenters. The first-order valence-corrected chi connectivity index (χ1v) is 11.1. The second-order valence-electron chi connectivity index (χ2n) is 7.87. The van der Waals surface area contributed by atoms with Gasteiger partial charge in [0.2, 0.25) is 5.91 Å². The fraction of sp³-hybridized carbons (Fsp3) is 0.333. The third kappa shape index (κ3) is 5.28. The molecule has 0 saturated heterocycles. The summed E-state index contributed by atoms with van der Waals surface area (Å²) >= 11 is 1.39. The van der Waals surface area contributed by atoms with E-state index in [1.807, 2.05) is 31.2 Å². The Morgan fingerprint density at radius 2 is 2.00 bits per heavy atom. The number of hydrogen-bond donors (Lipinski definition) is 1. The first-order valence-electron chi connectivity index (χ1n) is 10.1. The fourth-order valence-electron chi connectivity index (χ4n) is 3.82. The maximum Gasteiger partial charge on any atom is 0.250 e. The molecule has 2 aromatic rings. The van der Waals surface area contributed by atoms with Crippen LogP contribution in [0, 0.1) is 5.82 Å². The maximum absolute atomic E-state index is 14.8. The van der Waals surface area contributed by atoms with E-state index in [0.29, 0.717) is 5.56 Å². The summed E-state index contributed by atoms with van der Waals surface area (Å²) in [5.41, 5.74) is 5.58. The molecule has 0 atom stereocenters. The minimum atomic E-state index is -0.367. The van der Waals surface area contributed by atoms with E-state index < -0.39 is 0 Å². The number of carbonyl (C=O) groups is 1. The highest BCUT2D eigenvalue weighted by molar-refractivity contribution is 8.00. The van der Waals surface area contributed by atoms with Crippen molar-refractivity contribution in [3.8, 4) is 5.75 Å². The molecule has 1 aliphatic rings. The SMILES string of the molecule is CCN1c2cc(F)c(/C=N/NC(=O)CSc3ccc(OC)cc3)cc2C(C)=CC1(C)C. The van der Waals surface area contributed by atoms with E-state index in [0.717, 1.165) is 34.0 Å². The smallest absolute Gasteiger partial charge is 0.250 e. The summed E-state index contributed by atoms with van der Waals surface area (Å²) in [7, 11) is 1.61. The number of rotatable bonds is 7. The summed E-state index contributed by atoms with van der Waals surface area (Å²) in [4.78, 5) is 15.2. The number of carbonyl (C=O) groups excluding carboxylic acids is 1. The van der Waals surface area contributed by atoms with Crippen molar-refractivity contribution >= 4 is 35.1 Å². The number of ether oxygens (including phenoxy) is 1. The molecule has 0 radical (unpaired) electrons. The number of nitrogens with zero attached hydrogens (tertiary/aromatic N) is 2. The van der Waals surface area contributed by atoms with Gasteiger partial charge in [-0.25, -0.2) is 9.82 Å². The van der Waals surface area contributed by atoms with Gasteiger partial charge in [-0.1, -0.05) is 6.08 Å². The third-order valence-corrected chi connectivity index (χ3v) is 6.25. The topological polar surface area (TPSA) is 53.9 Å². The molecule has 1 amide bonds. The van der Waals surface area contributed by atoms with Gasteiger partial charge in [0.25, 0.3) is 0 Å². The molecule has 1 aliphatic heterocycles. The molecule has 31 heavy (non-hydrogen) atoms. The van der Waals surface area contributed by atoms with Gasteiger partial charge in [0.1, 0.15) is 11.6 Å². The lowest BCUT2D eigenvalue weighted by Crippen LogP contribution is -2.45. The highest BCUT2D eigenvalue weighted by Crippen LogP contribution is 2.39. The highest BCUT2D eigenvalue weighted by Gasteiger charge is 2.30. The van der Waals surface area contributed by atoms with Crippen LogP contribution < -0.4 is 15.1 Å². The summed E-state index contributed by atoms with van der Waals surface area (Å²) < 4.78 is 19.9. The van der Waals surface area contributed by atoms with Crippen LogP contribution in [0.2, 0.25) is 0 Å². The lowest BCUT2D eigenvalue weighted by Gasteiger charge is -2.42. The zero-order valence-corrected chi connectivity index (χ0v) is 19.3. The van der Waals surface area contributed by atoms with E-state index in [4.69, 9.17) is 4.74 Å². The molecule has 7 heteroatoms. The molecule has 0 fully saturated rings. The maximum atomic E-state index is 14.8. The Balaban J connectivity index is 1.66. The first kappa shape index (κ1) is 22.9. The molecule has 0 spiro atoms. The number of amides is 1. The molecule has 1 N–H and O–H groups in total. The van der Waals surface area contributed by atoms with Crippen LogP contribution in [0.5, 0.6) is 5.75 Å². The molecule has 1 heterocycles. The molecule has 0 bridgehead atoms. The summed E-state index contributed by atoms with van der Waals surface area (Å²) in [6.45, 7) is 9.11. The number of halogens is 1. The van der Waals surface area contributed by atoms with E-state index in [2.05, 4.69) is 42.3 Å². The number of benzene rings is 2. The van der Waals surface area contributed by atoms with E-state index in [1.54, 1.807) is 19.2 Å². The summed E-state index contributed by atoms with van der Waals surface area (Å²) in [6.07, 6.45) is 3.55. The van der Waals surface area contributed by atoms with Gasteiger partial charge < -0.3 is 9.64 Å². The van der Waals surface area contributed by atoms with E-state index in [1.165, 1.54) is 18.0 Å². The van der Waals surface area contributed by atoms with Gasteiger partial charge in [-0.05, 0) is 69.7 Å². The summed E-state index contributed by atoms with van der Waals surface area (Å²) in [5, 5.41) is 3.95. The number of allylic oxidation sites excluding steroid dienone is 1. The standard InChI is InChI=1S/C24H28FN3O2S/c1-6-28-22-12-21(25)17(11-20(22)16(2)13-24(28,3)4)14-26-27-23(29)15-31-19-9-7-18(30-5)8-10-19/h7-14H,6,15H2,1-5H3,(H,27,29)/b26-14+. The van der Waals surface area contributed by atoms with Crippen LogP contribution in [0.1, 0.15) is 38.8 Å². The molecule has 0 aliphatic carbocycles. The van der Waals surface area contributed by atoms with Crippen molar-refractivity contribution in [1.29, 1.82) is 0 Å². The Bertz CT molecular complexity index is 1020. The molecule has 2 aromatic carbocycles. The van der Waals surface area contributed by atoms with Gasteiger partial charge >= 0.3 is 0 Å². The van der Waals surface area contributed by atoms with Gasteiger partial charge in [0.05, 0.1) is 24.6 Å².